The van der Waals surface area contributed by atoms with Gasteiger partial charge in [0.25, 0.3) is 0 Å². The summed E-state index contributed by atoms with van der Waals surface area (Å²) < 4.78 is 17.1. The average Bonchev–Trinajstić information content (AvgIpc) is 2.86. The van der Waals surface area contributed by atoms with Crippen molar-refractivity contribution in [3.05, 3.63) is 58.7 Å². The Morgan fingerprint density at radius 2 is 1.89 bits per heavy atom. The lowest BCUT2D eigenvalue weighted by Crippen LogP contribution is -2.23. The lowest BCUT2D eigenvalue weighted by molar-refractivity contribution is -0.135. The molecule has 7 nitrogen and oxygen atoms in total. The summed E-state index contributed by atoms with van der Waals surface area (Å²) in [6, 6.07) is 9.07. The van der Waals surface area contributed by atoms with Crippen LogP contribution in [0.3, 0.4) is 0 Å². The van der Waals surface area contributed by atoms with E-state index in [1.807, 2.05) is 30.3 Å². The number of fused-ring (bicyclic) bond motifs is 2. The van der Waals surface area contributed by atoms with Crippen LogP contribution in [-0.4, -0.2) is 35.5 Å². The minimum absolute atomic E-state index is 0.0162. The van der Waals surface area contributed by atoms with Crippen LogP contribution in [0.15, 0.2) is 36.4 Å². The Morgan fingerprint density at radius 1 is 1.11 bits per heavy atom. The van der Waals surface area contributed by atoms with Gasteiger partial charge in [-0.15, -0.1) is 0 Å². The molecule has 0 aliphatic carbocycles. The second kappa shape index (κ2) is 12.3. The highest BCUT2D eigenvalue weighted by atomic mass is 16.5. The fourth-order valence-corrected chi connectivity index (χ4v) is 4.89. The van der Waals surface area contributed by atoms with Gasteiger partial charge in [-0.1, -0.05) is 38.1 Å². The molecular formula is C31H36O7. The summed E-state index contributed by atoms with van der Waals surface area (Å²) in [5.74, 6) is -0.384. The summed E-state index contributed by atoms with van der Waals surface area (Å²) in [4.78, 5) is 38.1. The van der Waals surface area contributed by atoms with E-state index < -0.39 is 24.0 Å². The SMILES string of the molecule is CC(C)COc1cccc([C@@H]2CC(=O)Oc3cc4c(c(O)c32)C(=O)O[C@H](C)CCCC(=O)CCCC=C4)c1. The number of esters is 2. The average molecular weight is 521 g/mol. The molecule has 2 aliphatic rings. The van der Waals surface area contributed by atoms with E-state index in [0.29, 0.717) is 67.9 Å². The Balaban J connectivity index is 1.77. The van der Waals surface area contributed by atoms with E-state index >= 15 is 0 Å². The first-order chi connectivity index (χ1) is 18.2. The Kier molecular flexibility index (Phi) is 8.87. The van der Waals surface area contributed by atoms with Gasteiger partial charge in [0.2, 0.25) is 0 Å². The van der Waals surface area contributed by atoms with E-state index in [4.69, 9.17) is 14.2 Å². The van der Waals surface area contributed by atoms with Gasteiger partial charge in [-0.3, -0.25) is 9.59 Å². The zero-order valence-corrected chi connectivity index (χ0v) is 22.3. The summed E-state index contributed by atoms with van der Waals surface area (Å²) in [6.45, 7) is 6.46. The van der Waals surface area contributed by atoms with Crippen molar-refractivity contribution >= 4 is 23.8 Å². The molecule has 4 rings (SSSR count). The molecule has 2 aliphatic heterocycles. The van der Waals surface area contributed by atoms with E-state index in [1.165, 1.54) is 0 Å². The molecule has 2 heterocycles. The largest absolute Gasteiger partial charge is 0.507 e. The predicted molar refractivity (Wildman–Crippen MR) is 144 cm³/mol. The Morgan fingerprint density at radius 3 is 2.68 bits per heavy atom. The molecule has 2 atom stereocenters. The van der Waals surface area contributed by atoms with Gasteiger partial charge in [0.15, 0.2) is 0 Å². The Labute approximate surface area is 223 Å². The minimum atomic E-state index is -0.648. The fourth-order valence-electron chi connectivity index (χ4n) is 4.89. The topological polar surface area (TPSA) is 99.1 Å². The number of allylic oxidation sites excluding steroid dienone is 1. The number of rotatable bonds is 4. The molecule has 2 aromatic carbocycles. The second-order valence-electron chi connectivity index (χ2n) is 10.6. The van der Waals surface area contributed by atoms with Gasteiger partial charge in [-0.25, -0.2) is 4.79 Å². The number of ketones is 1. The van der Waals surface area contributed by atoms with Gasteiger partial charge < -0.3 is 19.3 Å². The quantitative estimate of drug-likeness (QED) is 0.370. The fraction of sp³-hybridized carbons (Fsp3) is 0.452. The third-order valence-electron chi connectivity index (χ3n) is 6.82. The number of phenols is 1. The predicted octanol–water partition coefficient (Wildman–Crippen LogP) is 6.35. The number of cyclic esters (lactones) is 1. The zero-order valence-electron chi connectivity index (χ0n) is 22.3. The van der Waals surface area contributed by atoms with Crippen LogP contribution in [0.2, 0.25) is 0 Å². The van der Waals surface area contributed by atoms with E-state index in [0.717, 1.165) is 5.56 Å². The maximum Gasteiger partial charge on any atom is 0.342 e. The van der Waals surface area contributed by atoms with Crippen molar-refractivity contribution in [3.8, 4) is 17.2 Å². The van der Waals surface area contributed by atoms with Crippen molar-refractivity contribution < 1.29 is 33.7 Å². The lowest BCUT2D eigenvalue weighted by Gasteiger charge is -2.28. The van der Waals surface area contributed by atoms with Crippen molar-refractivity contribution in [2.45, 2.75) is 77.7 Å². The minimum Gasteiger partial charge on any atom is -0.507 e. The molecule has 0 radical (unpaired) electrons. The van der Waals surface area contributed by atoms with E-state index in [-0.39, 0.29) is 29.3 Å². The molecule has 202 valence electrons. The summed E-state index contributed by atoms with van der Waals surface area (Å²) in [5, 5.41) is 11.5. The molecule has 0 aromatic heterocycles. The number of aromatic hydroxyl groups is 1. The number of hydrogen-bond acceptors (Lipinski definition) is 7. The molecule has 2 aromatic rings. The van der Waals surface area contributed by atoms with Gasteiger partial charge in [0.05, 0.1) is 19.1 Å². The molecule has 0 fully saturated rings. The van der Waals surface area contributed by atoms with Gasteiger partial charge in [-0.05, 0) is 67.9 Å². The number of carbonyl (C=O) groups excluding carboxylic acids is 3. The Hall–Kier alpha value is -3.61. The lowest BCUT2D eigenvalue weighted by atomic mass is 9.83. The van der Waals surface area contributed by atoms with Crippen molar-refractivity contribution in [2.24, 2.45) is 5.92 Å². The van der Waals surface area contributed by atoms with Crippen LogP contribution >= 0.6 is 0 Å². The third-order valence-corrected chi connectivity index (χ3v) is 6.82. The number of benzene rings is 2. The first-order valence-corrected chi connectivity index (χ1v) is 13.5. The molecule has 38 heavy (non-hydrogen) atoms. The van der Waals surface area contributed by atoms with Gasteiger partial charge in [0.1, 0.15) is 28.6 Å². The first-order valence-electron chi connectivity index (χ1n) is 13.5. The summed E-state index contributed by atoms with van der Waals surface area (Å²) in [5.41, 5.74) is 1.62. The summed E-state index contributed by atoms with van der Waals surface area (Å²) in [7, 11) is 0. The van der Waals surface area contributed by atoms with E-state index in [2.05, 4.69) is 13.8 Å². The van der Waals surface area contributed by atoms with Crippen LogP contribution in [-0.2, 0) is 14.3 Å². The van der Waals surface area contributed by atoms with Crippen molar-refractivity contribution in [3.63, 3.8) is 0 Å². The summed E-state index contributed by atoms with van der Waals surface area (Å²) in [6.07, 6.45) is 6.67. The molecule has 0 bridgehead atoms. The van der Waals surface area contributed by atoms with Crippen LogP contribution in [0.4, 0.5) is 0 Å². The van der Waals surface area contributed by atoms with Gasteiger partial charge in [-0.2, -0.15) is 0 Å². The zero-order chi connectivity index (χ0) is 27.2. The van der Waals surface area contributed by atoms with Gasteiger partial charge in [0, 0.05) is 24.3 Å². The van der Waals surface area contributed by atoms with Crippen LogP contribution in [0, 0.1) is 5.92 Å². The molecule has 0 amide bonds. The van der Waals surface area contributed by atoms with Crippen LogP contribution in [0.1, 0.15) is 98.7 Å². The van der Waals surface area contributed by atoms with Crippen molar-refractivity contribution in [2.75, 3.05) is 6.61 Å². The number of hydrogen-bond donors (Lipinski definition) is 1. The molecule has 0 saturated heterocycles. The number of carbonyl (C=O) groups is 3. The van der Waals surface area contributed by atoms with Crippen molar-refractivity contribution in [1.29, 1.82) is 0 Å². The molecule has 0 saturated carbocycles. The van der Waals surface area contributed by atoms with Crippen LogP contribution in [0.25, 0.3) is 6.08 Å². The molecule has 0 unspecified atom stereocenters. The highest BCUT2D eigenvalue weighted by molar-refractivity contribution is 5.98. The van der Waals surface area contributed by atoms with E-state index in [1.54, 1.807) is 19.1 Å². The molecule has 0 spiro atoms. The Bertz CT molecular complexity index is 1230. The van der Waals surface area contributed by atoms with E-state index in [9.17, 15) is 19.5 Å². The maximum atomic E-state index is 13.4. The smallest absolute Gasteiger partial charge is 0.342 e. The monoisotopic (exact) mass is 520 g/mol. The summed E-state index contributed by atoms with van der Waals surface area (Å²) >= 11 is 0. The first kappa shape index (κ1) is 27.4. The third kappa shape index (κ3) is 6.63. The molecule has 1 N–H and O–H groups in total. The molecular weight excluding hydrogens is 484 g/mol. The standard InChI is InChI=1S/C31H36O7/c1-19(2)18-36-24-14-8-11-21(15-24)25-17-27(33)38-26-16-22-10-5-4-6-12-23(32)13-7-9-20(3)37-31(35)28(22)30(34)29(25)26/h5,8,10-11,14-16,19-20,25,34H,4,6-7,9,12-13,17-18H2,1-3H3/t20-,25+/m1/s1. The number of phenolic OH excluding ortho intramolecular Hbond substituents is 1. The number of Topliss-reactive ketones (excluding diaryl/α,β-unsaturated/α-hetero) is 1. The normalized spacial score (nSPS) is 20.7. The van der Waals surface area contributed by atoms with Gasteiger partial charge >= 0.3 is 11.9 Å². The van der Waals surface area contributed by atoms with Crippen LogP contribution < -0.4 is 9.47 Å². The highest BCUT2D eigenvalue weighted by Gasteiger charge is 2.35. The highest BCUT2D eigenvalue weighted by Crippen LogP contribution is 2.47. The van der Waals surface area contributed by atoms with Crippen molar-refractivity contribution in [1.82, 2.24) is 0 Å². The van der Waals surface area contributed by atoms with Crippen LogP contribution in [0.5, 0.6) is 17.2 Å². The molecule has 7 heteroatoms. The maximum absolute atomic E-state index is 13.4. The number of ether oxygens (including phenoxy) is 3. The second-order valence-corrected chi connectivity index (χ2v) is 10.6.